The van der Waals surface area contributed by atoms with Gasteiger partial charge in [0.15, 0.2) is 0 Å². The molecule has 0 saturated heterocycles. The van der Waals surface area contributed by atoms with Gasteiger partial charge >= 0.3 is 5.37 Å². The molecule has 0 atom stereocenters. The highest BCUT2D eigenvalue weighted by Crippen LogP contribution is 2.16. The highest BCUT2D eigenvalue weighted by atomic mass is 35.5. The standard InChI is InChI=1S/C8H14N4OS.CH2ClNO/c1-8(2,3)5-6(13)12(9)7(14-4)11-10-5;2-1(3)4/h9H2,1-4H3;(H2,3,4). The van der Waals surface area contributed by atoms with Crippen LogP contribution >= 0.6 is 23.4 Å². The first-order chi connectivity index (χ1) is 8.11. The molecule has 0 unspecified atom stereocenters. The van der Waals surface area contributed by atoms with Crippen molar-refractivity contribution in [2.45, 2.75) is 31.3 Å². The summed E-state index contributed by atoms with van der Waals surface area (Å²) < 4.78 is 1.04. The van der Waals surface area contributed by atoms with Crippen molar-refractivity contribution in [2.24, 2.45) is 5.73 Å². The second kappa shape index (κ2) is 6.60. The van der Waals surface area contributed by atoms with Crippen LogP contribution < -0.4 is 17.1 Å². The van der Waals surface area contributed by atoms with Crippen molar-refractivity contribution in [3.8, 4) is 0 Å². The van der Waals surface area contributed by atoms with Crippen LogP contribution in [0.3, 0.4) is 0 Å². The predicted molar refractivity (Wildman–Crippen MR) is 72.4 cm³/mol. The normalized spacial score (nSPS) is 10.5. The highest BCUT2D eigenvalue weighted by molar-refractivity contribution is 7.98. The highest BCUT2D eigenvalue weighted by Gasteiger charge is 2.22. The maximum atomic E-state index is 11.7. The molecule has 0 aliphatic heterocycles. The molecule has 1 amide bonds. The van der Waals surface area contributed by atoms with Gasteiger partial charge in [-0.3, -0.25) is 9.59 Å². The van der Waals surface area contributed by atoms with Gasteiger partial charge < -0.3 is 11.6 Å². The van der Waals surface area contributed by atoms with E-state index in [2.05, 4.69) is 27.5 Å². The minimum atomic E-state index is -0.861. The van der Waals surface area contributed by atoms with Gasteiger partial charge in [0, 0.05) is 5.41 Å². The molecule has 0 saturated carbocycles. The summed E-state index contributed by atoms with van der Waals surface area (Å²) in [4.78, 5) is 20.7. The van der Waals surface area contributed by atoms with Crippen molar-refractivity contribution in [1.29, 1.82) is 0 Å². The average Bonchev–Trinajstić information content (AvgIpc) is 2.19. The van der Waals surface area contributed by atoms with Crippen LogP contribution in [-0.2, 0) is 5.41 Å². The number of amides is 1. The number of nitrogens with zero attached hydrogens (tertiary/aromatic N) is 3. The van der Waals surface area contributed by atoms with Crippen LogP contribution in [0.25, 0.3) is 0 Å². The molecule has 1 rings (SSSR count). The molecule has 9 heteroatoms. The summed E-state index contributed by atoms with van der Waals surface area (Å²) in [5.41, 5.74) is 4.01. The Morgan fingerprint density at radius 3 is 2.17 bits per heavy atom. The molecule has 102 valence electrons. The maximum Gasteiger partial charge on any atom is 0.311 e. The smallest absolute Gasteiger partial charge is 0.311 e. The summed E-state index contributed by atoms with van der Waals surface area (Å²) >= 11 is 5.71. The van der Waals surface area contributed by atoms with Crippen LogP contribution in [-0.4, -0.2) is 26.5 Å². The molecule has 1 aromatic rings. The van der Waals surface area contributed by atoms with E-state index in [0.29, 0.717) is 10.9 Å². The zero-order valence-electron chi connectivity index (χ0n) is 10.6. The number of hydrogen-bond acceptors (Lipinski definition) is 6. The Kier molecular flexibility index (Phi) is 6.13. The molecule has 7 nitrogen and oxygen atoms in total. The van der Waals surface area contributed by atoms with E-state index in [9.17, 15) is 4.79 Å². The minimum absolute atomic E-state index is 0.281. The Labute approximate surface area is 114 Å². The van der Waals surface area contributed by atoms with Gasteiger partial charge in [-0.25, -0.2) is 0 Å². The molecule has 0 aliphatic carbocycles. The molecule has 1 aromatic heterocycles. The lowest BCUT2D eigenvalue weighted by molar-refractivity contribution is 0.266. The number of thioether (sulfide) groups is 1. The summed E-state index contributed by atoms with van der Waals surface area (Å²) in [6.45, 7) is 5.70. The number of carbonyl (C=O) groups is 1. The lowest BCUT2D eigenvalue weighted by Crippen LogP contribution is -2.37. The molecule has 18 heavy (non-hydrogen) atoms. The molecule has 0 bridgehead atoms. The van der Waals surface area contributed by atoms with Crippen molar-refractivity contribution in [2.75, 3.05) is 12.1 Å². The van der Waals surface area contributed by atoms with Crippen LogP contribution in [0.5, 0.6) is 0 Å². The molecule has 1 heterocycles. The van der Waals surface area contributed by atoms with Crippen LogP contribution in [0, 0.1) is 0 Å². The number of halogens is 1. The minimum Gasteiger partial charge on any atom is -0.356 e. The van der Waals surface area contributed by atoms with Gasteiger partial charge in [0.25, 0.3) is 5.56 Å². The van der Waals surface area contributed by atoms with Gasteiger partial charge in [0.05, 0.1) is 0 Å². The van der Waals surface area contributed by atoms with E-state index in [4.69, 9.17) is 10.6 Å². The zero-order valence-corrected chi connectivity index (χ0v) is 12.2. The third-order valence-corrected chi connectivity index (χ3v) is 2.40. The molecule has 0 radical (unpaired) electrons. The molecular weight excluding hydrogens is 278 g/mol. The fourth-order valence-corrected chi connectivity index (χ4v) is 1.40. The van der Waals surface area contributed by atoms with Crippen molar-refractivity contribution in [3.05, 3.63) is 16.0 Å². The number of nitrogen functional groups attached to an aromatic ring is 1. The summed E-state index contributed by atoms with van der Waals surface area (Å²) in [5, 5.41) is 7.33. The lowest BCUT2D eigenvalue weighted by Gasteiger charge is -2.16. The van der Waals surface area contributed by atoms with Gasteiger partial charge in [0.2, 0.25) is 5.16 Å². The summed E-state index contributed by atoms with van der Waals surface area (Å²) in [6.07, 6.45) is 1.80. The number of carbonyl (C=O) groups excluding carboxylic acids is 1. The topological polar surface area (TPSA) is 117 Å². The van der Waals surface area contributed by atoms with Crippen LogP contribution in [0.15, 0.2) is 9.95 Å². The van der Waals surface area contributed by atoms with E-state index in [1.165, 1.54) is 11.8 Å². The first-order valence-corrected chi connectivity index (χ1v) is 6.45. The first kappa shape index (κ1) is 16.7. The van der Waals surface area contributed by atoms with Gasteiger partial charge in [-0.15, -0.1) is 10.2 Å². The van der Waals surface area contributed by atoms with Gasteiger partial charge in [0.1, 0.15) is 5.69 Å². The van der Waals surface area contributed by atoms with E-state index >= 15 is 0 Å². The number of hydrogen-bond donors (Lipinski definition) is 2. The Morgan fingerprint density at radius 2 is 1.83 bits per heavy atom. The largest absolute Gasteiger partial charge is 0.356 e. The Morgan fingerprint density at radius 1 is 1.39 bits per heavy atom. The first-order valence-electron chi connectivity index (χ1n) is 4.85. The third-order valence-electron chi connectivity index (χ3n) is 1.76. The number of primary amides is 1. The summed E-state index contributed by atoms with van der Waals surface area (Å²) in [5.74, 6) is 5.57. The lowest BCUT2D eigenvalue weighted by atomic mass is 9.93. The molecule has 0 aliphatic rings. The Bertz CT molecular complexity index is 479. The molecule has 0 spiro atoms. The zero-order chi connectivity index (χ0) is 14.5. The molecule has 0 fully saturated rings. The monoisotopic (exact) mass is 293 g/mol. The predicted octanol–water partition coefficient (Wildman–Crippen LogP) is 0.675. The fraction of sp³-hybridized carbons (Fsp3) is 0.556. The molecule has 0 aromatic carbocycles. The van der Waals surface area contributed by atoms with Gasteiger partial charge in [-0.1, -0.05) is 32.5 Å². The Hall–Kier alpha value is -1.28. The van der Waals surface area contributed by atoms with Crippen molar-refractivity contribution >= 4 is 28.7 Å². The summed E-state index contributed by atoms with van der Waals surface area (Å²) in [7, 11) is 0. The van der Waals surface area contributed by atoms with Crippen LogP contribution in [0.1, 0.15) is 26.5 Å². The van der Waals surface area contributed by atoms with E-state index in [0.717, 1.165) is 4.68 Å². The number of nitrogens with two attached hydrogens (primary N) is 2. The molecule has 4 N–H and O–H groups in total. The SMILES string of the molecule is CSc1nnc(C(C)(C)C)c(=O)n1N.NC(=O)Cl. The average molecular weight is 294 g/mol. The molecular formula is C9H16ClN5O2S. The van der Waals surface area contributed by atoms with Crippen molar-refractivity contribution < 1.29 is 4.79 Å². The third kappa shape index (κ3) is 4.92. The second-order valence-electron chi connectivity index (χ2n) is 4.26. The van der Waals surface area contributed by atoms with E-state index in [-0.39, 0.29) is 11.0 Å². The quantitative estimate of drug-likeness (QED) is 0.340. The Balaban J connectivity index is 0.000000631. The number of aromatic nitrogens is 3. The van der Waals surface area contributed by atoms with Crippen molar-refractivity contribution in [1.82, 2.24) is 14.9 Å². The maximum absolute atomic E-state index is 11.7. The number of rotatable bonds is 1. The van der Waals surface area contributed by atoms with Crippen molar-refractivity contribution in [3.63, 3.8) is 0 Å². The van der Waals surface area contributed by atoms with E-state index in [1.807, 2.05) is 20.8 Å². The second-order valence-corrected chi connectivity index (χ2v) is 5.41. The van der Waals surface area contributed by atoms with E-state index in [1.54, 1.807) is 6.26 Å². The van der Waals surface area contributed by atoms with Gasteiger partial charge in [-0.2, -0.15) is 4.68 Å². The van der Waals surface area contributed by atoms with E-state index < -0.39 is 5.37 Å². The van der Waals surface area contributed by atoms with Crippen LogP contribution in [0.2, 0.25) is 0 Å². The van der Waals surface area contributed by atoms with Gasteiger partial charge in [-0.05, 0) is 17.9 Å². The fourth-order valence-electron chi connectivity index (χ4n) is 0.995. The van der Waals surface area contributed by atoms with Crippen LogP contribution in [0.4, 0.5) is 4.79 Å². The summed E-state index contributed by atoms with van der Waals surface area (Å²) in [6, 6.07) is 0.